The van der Waals surface area contributed by atoms with Gasteiger partial charge in [0.1, 0.15) is 11.3 Å². The van der Waals surface area contributed by atoms with Gasteiger partial charge < -0.3 is 9.88 Å². The van der Waals surface area contributed by atoms with Gasteiger partial charge in [-0.05, 0) is 35.9 Å². The Morgan fingerprint density at radius 3 is 2.63 bits per heavy atom. The summed E-state index contributed by atoms with van der Waals surface area (Å²) in [6.45, 7) is 0.242. The molecule has 0 bridgehead atoms. The van der Waals surface area contributed by atoms with Crippen molar-refractivity contribution in [2.75, 3.05) is 5.32 Å². The number of rotatable bonds is 5. The monoisotopic (exact) mass is 383 g/mol. The summed E-state index contributed by atoms with van der Waals surface area (Å²) in [6, 6.07) is 15.7. The first-order valence-electron chi connectivity index (χ1n) is 7.94. The summed E-state index contributed by atoms with van der Waals surface area (Å²) < 4.78 is 1.37. The number of carbonyl (C=O) groups is 1. The van der Waals surface area contributed by atoms with E-state index in [2.05, 4.69) is 5.32 Å². The molecule has 0 spiro atoms. The first-order chi connectivity index (χ1) is 13.0. The number of nitro benzene ring substituents is 1. The van der Waals surface area contributed by atoms with Crippen LogP contribution in [0.1, 0.15) is 15.9 Å². The predicted octanol–water partition coefficient (Wildman–Crippen LogP) is 3.71. The maximum absolute atomic E-state index is 12.6. The van der Waals surface area contributed by atoms with Gasteiger partial charge in [0.2, 0.25) is 0 Å². The van der Waals surface area contributed by atoms with E-state index in [1.807, 2.05) is 6.07 Å². The van der Waals surface area contributed by atoms with Gasteiger partial charge in [0.05, 0.1) is 11.5 Å². The van der Waals surface area contributed by atoms with Crippen LogP contribution in [-0.2, 0) is 6.54 Å². The third-order valence-electron chi connectivity index (χ3n) is 3.86. The van der Waals surface area contributed by atoms with Crippen LogP contribution in [0.25, 0.3) is 0 Å². The fourth-order valence-electron chi connectivity index (χ4n) is 2.59. The second-order valence-corrected chi connectivity index (χ2v) is 6.15. The minimum Gasteiger partial charge on any atom is -0.316 e. The number of para-hydroxylation sites is 2. The maximum atomic E-state index is 12.6. The molecule has 0 saturated heterocycles. The van der Waals surface area contributed by atoms with Gasteiger partial charge in [-0.25, -0.2) is 0 Å². The van der Waals surface area contributed by atoms with Crippen LogP contribution in [0.2, 0.25) is 5.02 Å². The highest BCUT2D eigenvalue weighted by atomic mass is 35.5. The number of benzene rings is 2. The molecule has 27 heavy (non-hydrogen) atoms. The summed E-state index contributed by atoms with van der Waals surface area (Å²) in [6.07, 6.45) is 1.56. The number of hydrogen-bond acceptors (Lipinski definition) is 4. The van der Waals surface area contributed by atoms with Crippen molar-refractivity contribution in [2.24, 2.45) is 0 Å². The molecule has 136 valence electrons. The molecule has 2 aromatic carbocycles. The number of nitrogens with one attached hydrogen (secondary N) is 1. The highest BCUT2D eigenvalue weighted by Gasteiger charge is 2.18. The summed E-state index contributed by atoms with van der Waals surface area (Å²) >= 11 is 5.96. The summed E-state index contributed by atoms with van der Waals surface area (Å²) in [5.41, 5.74) is -0.0368. The van der Waals surface area contributed by atoms with Crippen LogP contribution in [0, 0.1) is 10.1 Å². The zero-order valence-corrected chi connectivity index (χ0v) is 14.7. The molecule has 0 aliphatic heterocycles. The molecule has 8 heteroatoms. The van der Waals surface area contributed by atoms with Gasteiger partial charge >= 0.3 is 0 Å². The lowest BCUT2D eigenvalue weighted by molar-refractivity contribution is -0.383. The predicted molar refractivity (Wildman–Crippen MR) is 102 cm³/mol. The molecule has 3 aromatic rings. The molecular weight excluding hydrogens is 370 g/mol. The Morgan fingerprint density at radius 2 is 1.89 bits per heavy atom. The van der Waals surface area contributed by atoms with Gasteiger partial charge in [-0.15, -0.1) is 0 Å². The first kappa shape index (κ1) is 18.3. The molecule has 1 amide bonds. The molecule has 0 aliphatic rings. The van der Waals surface area contributed by atoms with E-state index in [1.165, 1.54) is 28.8 Å². The van der Waals surface area contributed by atoms with Crippen molar-refractivity contribution in [3.63, 3.8) is 0 Å². The van der Waals surface area contributed by atoms with Crippen LogP contribution < -0.4 is 10.9 Å². The average Bonchev–Trinajstić information content (AvgIpc) is 2.63. The van der Waals surface area contributed by atoms with Gasteiger partial charge in [0, 0.05) is 17.3 Å². The third-order valence-corrected chi connectivity index (χ3v) is 4.09. The van der Waals surface area contributed by atoms with Gasteiger partial charge in [0.15, 0.2) is 0 Å². The van der Waals surface area contributed by atoms with Crippen molar-refractivity contribution < 1.29 is 9.72 Å². The van der Waals surface area contributed by atoms with Crippen LogP contribution in [0.5, 0.6) is 0 Å². The van der Waals surface area contributed by atoms with E-state index < -0.39 is 16.4 Å². The standard InChI is InChI=1S/C19H14ClN3O4/c20-14-6-3-5-13(11-14)12-22-10-4-7-15(19(22)25)18(24)21-16-8-1-2-9-17(16)23(26)27/h1-11H,12H2,(H,21,24). The highest BCUT2D eigenvalue weighted by molar-refractivity contribution is 6.30. The van der Waals surface area contributed by atoms with E-state index in [4.69, 9.17) is 11.6 Å². The van der Waals surface area contributed by atoms with Gasteiger partial charge in [-0.3, -0.25) is 19.7 Å². The zero-order chi connectivity index (χ0) is 19.4. The minimum atomic E-state index is -0.713. The second kappa shape index (κ2) is 7.84. The Balaban J connectivity index is 1.88. The van der Waals surface area contributed by atoms with E-state index in [1.54, 1.807) is 36.5 Å². The third kappa shape index (κ3) is 4.21. The Bertz CT molecular complexity index is 1080. The lowest BCUT2D eigenvalue weighted by Gasteiger charge is -2.09. The Morgan fingerprint density at radius 1 is 1.11 bits per heavy atom. The molecule has 0 radical (unpaired) electrons. The highest BCUT2D eigenvalue weighted by Crippen LogP contribution is 2.23. The van der Waals surface area contributed by atoms with Crippen molar-refractivity contribution in [3.8, 4) is 0 Å². The van der Waals surface area contributed by atoms with Crippen LogP contribution in [0.3, 0.4) is 0 Å². The Labute approximate surface area is 159 Å². The van der Waals surface area contributed by atoms with Crippen LogP contribution in [-0.4, -0.2) is 15.4 Å². The van der Waals surface area contributed by atoms with Crippen LogP contribution in [0.4, 0.5) is 11.4 Å². The van der Waals surface area contributed by atoms with E-state index in [9.17, 15) is 19.7 Å². The maximum Gasteiger partial charge on any atom is 0.292 e. The summed E-state index contributed by atoms with van der Waals surface area (Å²) in [4.78, 5) is 35.6. The lowest BCUT2D eigenvalue weighted by atomic mass is 10.2. The van der Waals surface area contributed by atoms with Crippen molar-refractivity contribution in [3.05, 3.63) is 103 Å². The van der Waals surface area contributed by atoms with Crippen molar-refractivity contribution in [1.29, 1.82) is 0 Å². The topological polar surface area (TPSA) is 94.2 Å². The number of pyridine rings is 1. The minimum absolute atomic E-state index is 0.0251. The number of amides is 1. The summed E-state index contributed by atoms with van der Waals surface area (Å²) in [5.74, 6) is -0.713. The quantitative estimate of drug-likeness (QED) is 0.536. The van der Waals surface area contributed by atoms with Gasteiger partial charge in [0.25, 0.3) is 17.2 Å². The zero-order valence-electron chi connectivity index (χ0n) is 14.0. The normalized spacial score (nSPS) is 10.4. The average molecular weight is 384 g/mol. The van der Waals surface area contributed by atoms with Crippen LogP contribution in [0.15, 0.2) is 71.7 Å². The van der Waals surface area contributed by atoms with Crippen molar-refractivity contribution in [2.45, 2.75) is 6.54 Å². The lowest BCUT2D eigenvalue weighted by Crippen LogP contribution is -2.29. The fraction of sp³-hybridized carbons (Fsp3) is 0.0526. The Hall–Kier alpha value is -3.45. The molecule has 0 unspecified atom stereocenters. The van der Waals surface area contributed by atoms with E-state index >= 15 is 0 Å². The Kier molecular flexibility index (Phi) is 5.33. The largest absolute Gasteiger partial charge is 0.316 e. The number of hydrogen-bond donors (Lipinski definition) is 1. The second-order valence-electron chi connectivity index (χ2n) is 5.71. The molecular formula is C19H14ClN3O4. The van der Waals surface area contributed by atoms with Gasteiger partial charge in [-0.2, -0.15) is 0 Å². The van der Waals surface area contributed by atoms with Crippen molar-refractivity contribution >= 4 is 28.9 Å². The number of aromatic nitrogens is 1. The number of anilines is 1. The number of halogens is 1. The molecule has 1 N–H and O–H groups in total. The molecule has 7 nitrogen and oxygen atoms in total. The molecule has 0 fully saturated rings. The number of nitrogens with zero attached hydrogens (tertiary/aromatic N) is 2. The molecule has 0 saturated carbocycles. The SMILES string of the molecule is O=C(Nc1ccccc1[N+](=O)[O-])c1cccn(Cc2cccc(Cl)c2)c1=O. The first-order valence-corrected chi connectivity index (χ1v) is 8.32. The van der Waals surface area contributed by atoms with Crippen LogP contribution >= 0.6 is 11.6 Å². The molecule has 0 atom stereocenters. The fourth-order valence-corrected chi connectivity index (χ4v) is 2.81. The van der Waals surface area contributed by atoms with E-state index in [0.29, 0.717) is 5.02 Å². The summed E-state index contributed by atoms with van der Waals surface area (Å²) in [5, 5.41) is 14.1. The molecule has 0 aliphatic carbocycles. The smallest absolute Gasteiger partial charge is 0.292 e. The van der Waals surface area contributed by atoms with Crippen molar-refractivity contribution in [1.82, 2.24) is 4.57 Å². The van der Waals surface area contributed by atoms with Gasteiger partial charge in [-0.1, -0.05) is 35.9 Å². The molecule has 1 aromatic heterocycles. The number of carbonyl (C=O) groups excluding carboxylic acids is 1. The molecule has 3 rings (SSSR count). The van der Waals surface area contributed by atoms with E-state index in [-0.39, 0.29) is 23.5 Å². The van der Waals surface area contributed by atoms with E-state index in [0.717, 1.165) is 5.56 Å². The summed E-state index contributed by atoms with van der Waals surface area (Å²) in [7, 11) is 0. The number of nitro groups is 1. The molecule has 1 heterocycles.